The summed E-state index contributed by atoms with van der Waals surface area (Å²) in [5.41, 5.74) is 0.828. The van der Waals surface area contributed by atoms with Crippen LogP contribution >= 0.6 is 11.8 Å². The van der Waals surface area contributed by atoms with Crippen LogP contribution in [0, 0.1) is 0 Å². The number of aromatic nitrogens is 4. The molecule has 1 N–H and O–H groups in total. The lowest BCUT2D eigenvalue weighted by Crippen LogP contribution is -2.33. The fourth-order valence-corrected chi connectivity index (χ4v) is 3.35. The van der Waals surface area contributed by atoms with E-state index in [0.717, 1.165) is 18.5 Å². The molecule has 122 valence electrons. The summed E-state index contributed by atoms with van der Waals surface area (Å²) in [7, 11) is 1.57. The molecule has 0 spiro atoms. The molecule has 0 radical (unpaired) electrons. The van der Waals surface area contributed by atoms with Gasteiger partial charge in [-0.15, -0.1) is 10.2 Å². The summed E-state index contributed by atoms with van der Waals surface area (Å²) in [6.07, 6.45) is 7.88. The van der Waals surface area contributed by atoms with Gasteiger partial charge in [0, 0.05) is 12.1 Å². The fraction of sp³-hybridized carbons (Fsp3) is 0.467. The van der Waals surface area contributed by atoms with Gasteiger partial charge in [0.15, 0.2) is 5.16 Å². The van der Waals surface area contributed by atoms with Crippen LogP contribution in [0.3, 0.4) is 0 Å². The predicted molar refractivity (Wildman–Crippen MR) is 86.8 cm³/mol. The molecule has 2 aromatic heterocycles. The summed E-state index contributed by atoms with van der Waals surface area (Å²) in [6, 6.07) is 3.99. The van der Waals surface area contributed by atoms with E-state index >= 15 is 0 Å². The first-order valence-electron chi connectivity index (χ1n) is 7.59. The standard InChI is InChI=1S/C15H19N5O2S/c1-22-14-7-6-12(8-16-14)20-10-17-19-15(20)23-9-13(21)18-11-4-2-3-5-11/h6-8,10-11H,2-5,9H2,1H3,(H,18,21). The second kappa shape index (κ2) is 7.45. The molecule has 1 aliphatic carbocycles. The third kappa shape index (κ3) is 4.01. The van der Waals surface area contributed by atoms with E-state index in [2.05, 4.69) is 20.5 Å². The van der Waals surface area contributed by atoms with E-state index in [0.29, 0.717) is 22.8 Å². The maximum atomic E-state index is 12.0. The monoisotopic (exact) mass is 333 g/mol. The van der Waals surface area contributed by atoms with E-state index in [1.54, 1.807) is 30.3 Å². The molecule has 0 saturated heterocycles. The summed E-state index contributed by atoms with van der Waals surface area (Å²) >= 11 is 1.37. The first kappa shape index (κ1) is 15.8. The van der Waals surface area contributed by atoms with Crippen molar-refractivity contribution < 1.29 is 9.53 Å². The molecule has 1 saturated carbocycles. The van der Waals surface area contributed by atoms with Gasteiger partial charge in [-0.1, -0.05) is 24.6 Å². The molecule has 7 nitrogen and oxygen atoms in total. The number of amides is 1. The van der Waals surface area contributed by atoms with Crippen LogP contribution in [0.4, 0.5) is 0 Å². The molecule has 0 atom stereocenters. The summed E-state index contributed by atoms with van der Waals surface area (Å²) in [4.78, 5) is 16.2. The maximum Gasteiger partial charge on any atom is 0.230 e. The fourth-order valence-electron chi connectivity index (χ4n) is 2.61. The smallest absolute Gasteiger partial charge is 0.230 e. The van der Waals surface area contributed by atoms with Crippen LogP contribution in [-0.4, -0.2) is 44.6 Å². The molecule has 0 bridgehead atoms. The summed E-state index contributed by atoms with van der Waals surface area (Å²) < 4.78 is 6.85. The summed E-state index contributed by atoms with van der Waals surface area (Å²) in [5.74, 6) is 0.926. The number of rotatable bonds is 6. The van der Waals surface area contributed by atoms with Crippen LogP contribution in [-0.2, 0) is 4.79 Å². The molecule has 2 heterocycles. The van der Waals surface area contributed by atoms with Gasteiger partial charge in [-0.05, 0) is 18.9 Å². The molecule has 0 aromatic carbocycles. The first-order chi connectivity index (χ1) is 11.3. The highest BCUT2D eigenvalue weighted by Gasteiger charge is 2.18. The molecule has 1 aliphatic rings. The largest absolute Gasteiger partial charge is 0.481 e. The van der Waals surface area contributed by atoms with Gasteiger partial charge in [0.1, 0.15) is 6.33 Å². The minimum atomic E-state index is 0.0457. The number of carbonyl (C=O) groups excluding carboxylic acids is 1. The van der Waals surface area contributed by atoms with Crippen LogP contribution in [0.2, 0.25) is 0 Å². The normalized spacial score (nSPS) is 14.8. The Morgan fingerprint density at radius 2 is 2.26 bits per heavy atom. The van der Waals surface area contributed by atoms with Gasteiger partial charge < -0.3 is 10.1 Å². The quantitative estimate of drug-likeness (QED) is 0.812. The molecule has 3 rings (SSSR count). The lowest BCUT2D eigenvalue weighted by molar-refractivity contribution is -0.119. The third-order valence-electron chi connectivity index (χ3n) is 3.78. The Balaban J connectivity index is 1.60. The van der Waals surface area contributed by atoms with E-state index in [9.17, 15) is 4.79 Å². The van der Waals surface area contributed by atoms with E-state index in [4.69, 9.17) is 4.74 Å². The lowest BCUT2D eigenvalue weighted by Gasteiger charge is -2.11. The maximum absolute atomic E-state index is 12.0. The number of nitrogens with zero attached hydrogens (tertiary/aromatic N) is 4. The SMILES string of the molecule is COc1ccc(-n2cnnc2SCC(=O)NC2CCCC2)cn1. The van der Waals surface area contributed by atoms with Crippen molar-refractivity contribution in [3.63, 3.8) is 0 Å². The van der Waals surface area contributed by atoms with Crippen LogP contribution in [0.25, 0.3) is 5.69 Å². The van der Waals surface area contributed by atoms with E-state index in [-0.39, 0.29) is 5.91 Å². The van der Waals surface area contributed by atoms with Crippen molar-refractivity contribution >= 4 is 17.7 Å². The predicted octanol–water partition coefficient (Wildman–Crippen LogP) is 1.82. The topological polar surface area (TPSA) is 81.9 Å². The minimum absolute atomic E-state index is 0.0457. The number of hydrogen-bond donors (Lipinski definition) is 1. The Morgan fingerprint density at radius 3 is 2.96 bits per heavy atom. The number of nitrogens with one attached hydrogen (secondary N) is 1. The van der Waals surface area contributed by atoms with Crippen molar-refractivity contribution in [2.75, 3.05) is 12.9 Å². The second-order valence-electron chi connectivity index (χ2n) is 5.38. The van der Waals surface area contributed by atoms with Gasteiger partial charge in [-0.2, -0.15) is 0 Å². The van der Waals surface area contributed by atoms with Gasteiger partial charge >= 0.3 is 0 Å². The van der Waals surface area contributed by atoms with Crippen molar-refractivity contribution in [3.05, 3.63) is 24.7 Å². The Morgan fingerprint density at radius 1 is 1.43 bits per heavy atom. The van der Waals surface area contributed by atoms with E-state index < -0.39 is 0 Å². The molecule has 1 fully saturated rings. The minimum Gasteiger partial charge on any atom is -0.481 e. The number of methoxy groups -OCH3 is 1. The van der Waals surface area contributed by atoms with Crippen molar-refractivity contribution in [2.45, 2.75) is 36.9 Å². The average molecular weight is 333 g/mol. The third-order valence-corrected chi connectivity index (χ3v) is 4.72. The van der Waals surface area contributed by atoms with Gasteiger partial charge in [0.2, 0.25) is 11.8 Å². The molecule has 2 aromatic rings. The summed E-state index contributed by atoms with van der Waals surface area (Å²) in [6.45, 7) is 0. The van der Waals surface area contributed by atoms with Crippen molar-refractivity contribution in [2.24, 2.45) is 0 Å². The van der Waals surface area contributed by atoms with Crippen molar-refractivity contribution in [1.29, 1.82) is 0 Å². The molecular formula is C15H19N5O2S. The van der Waals surface area contributed by atoms with E-state index in [1.807, 2.05) is 6.07 Å². The van der Waals surface area contributed by atoms with Gasteiger partial charge in [0.05, 0.1) is 24.7 Å². The molecule has 1 amide bonds. The van der Waals surface area contributed by atoms with Crippen molar-refractivity contribution in [3.8, 4) is 11.6 Å². The number of carbonyl (C=O) groups is 1. The Hall–Kier alpha value is -2.09. The van der Waals surface area contributed by atoms with Crippen LogP contribution in [0.15, 0.2) is 29.8 Å². The number of ether oxygens (including phenoxy) is 1. The average Bonchev–Trinajstić information content (AvgIpc) is 3.24. The summed E-state index contributed by atoms with van der Waals surface area (Å²) in [5, 5.41) is 11.7. The van der Waals surface area contributed by atoms with Gasteiger partial charge in [0.25, 0.3) is 0 Å². The van der Waals surface area contributed by atoms with Crippen LogP contribution in [0.1, 0.15) is 25.7 Å². The Labute approximate surface area is 138 Å². The highest BCUT2D eigenvalue weighted by Crippen LogP contribution is 2.21. The van der Waals surface area contributed by atoms with Crippen LogP contribution in [0.5, 0.6) is 5.88 Å². The Kier molecular flexibility index (Phi) is 5.12. The molecule has 0 aliphatic heterocycles. The molecular weight excluding hydrogens is 314 g/mol. The van der Waals surface area contributed by atoms with Gasteiger partial charge in [-0.3, -0.25) is 9.36 Å². The molecule has 0 unspecified atom stereocenters. The zero-order chi connectivity index (χ0) is 16.1. The van der Waals surface area contributed by atoms with Crippen molar-refractivity contribution in [1.82, 2.24) is 25.1 Å². The zero-order valence-corrected chi connectivity index (χ0v) is 13.8. The highest BCUT2D eigenvalue weighted by atomic mass is 32.2. The highest BCUT2D eigenvalue weighted by molar-refractivity contribution is 7.99. The number of pyridine rings is 1. The lowest BCUT2D eigenvalue weighted by atomic mass is 10.2. The molecule has 23 heavy (non-hydrogen) atoms. The molecule has 8 heteroatoms. The number of thioether (sulfide) groups is 1. The number of hydrogen-bond acceptors (Lipinski definition) is 6. The van der Waals surface area contributed by atoms with E-state index in [1.165, 1.54) is 24.6 Å². The zero-order valence-electron chi connectivity index (χ0n) is 12.9. The van der Waals surface area contributed by atoms with Crippen LogP contribution < -0.4 is 10.1 Å². The second-order valence-corrected chi connectivity index (χ2v) is 6.32. The van der Waals surface area contributed by atoms with Gasteiger partial charge in [-0.25, -0.2) is 4.98 Å². The first-order valence-corrected chi connectivity index (χ1v) is 8.57. The Bertz CT molecular complexity index is 652.